The first-order valence-corrected chi connectivity index (χ1v) is 8.87. The average Bonchev–Trinajstić information content (AvgIpc) is 3.38. The fraction of sp³-hybridized carbons (Fsp3) is 0.333. The molecule has 5 heterocycles. The normalized spacial score (nSPS) is 17.3. The van der Waals surface area contributed by atoms with Crippen LogP contribution in [0.5, 0.6) is 0 Å². The third-order valence-electron chi connectivity index (χ3n) is 4.84. The van der Waals surface area contributed by atoms with Gasteiger partial charge in [-0.25, -0.2) is 18.3 Å². The van der Waals surface area contributed by atoms with Gasteiger partial charge in [-0.3, -0.25) is 0 Å². The lowest BCUT2D eigenvalue weighted by molar-refractivity contribution is 0.170. The smallest absolute Gasteiger partial charge is 0.319 e. The Kier molecular flexibility index (Phi) is 3.52. The maximum absolute atomic E-state index is 14.2. The van der Waals surface area contributed by atoms with E-state index >= 15 is 0 Å². The maximum atomic E-state index is 14.2. The van der Waals surface area contributed by atoms with Crippen molar-refractivity contribution in [1.82, 2.24) is 29.8 Å². The van der Waals surface area contributed by atoms with Gasteiger partial charge in [0, 0.05) is 24.9 Å². The van der Waals surface area contributed by atoms with Crippen molar-refractivity contribution in [3.8, 4) is 0 Å². The van der Waals surface area contributed by atoms with Crippen LogP contribution in [0.4, 0.5) is 14.8 Å². The van der Waals surface area contributed by atoms with E-state index < -0.39 is 11.7 Å². The lowest BCUT2D eigenvalue weighted by Crippen LogP contribution is -2.37. The van der Waals surface area contributed by atoms with E-state index in [4.69, 9.17) is 4.42 Å². The molecule has 0 bridgehead atoms. The SMILES string of the molecule is CC(C)(F)c1nnc(N2CCc3[nH]cnc3C2c2cc3c(F)cccn3n2)o1. The molecule has 0 saturated heterocycles. The summed E-state index contributed by atoms with van der Waals surface area (Å²) in [6.45, 7) is 3.24. The summed E-state index contributed by atoms with van der Waals surface area (Å²) in [5.74, 6) is -0.472. The van der Waals surface area contributed by atoms with Gasteiger partial charge in [0.1, 0.15) is 17.4 Å². The van der Waals surface area contributed by atoms with Crippen LogP contribution in [0, 0.1) is 5.82 Å². The first-order valence-electron chi connectivity index (χ1n) is 8.87. The third kappa shape index (κ3) is 2.55. The molecule has 4 aromatic rings. The second kappa shape index (κ2) is 5.85. The molecule has 8 nitrogen and oxygen atoms in total. The lowest BCUT2D eigenvalue weighted by Gasteiger charge is -2.32. The average molecular weight is 385 g/mol. The largest absolute Gasteiger partial charge is 0.404 e. The Morgan fingerprint density at radius 1 is 1.32 bits per heavy atom. The van der Waals surface area contributed by atoms with E-state index in [9.17, 15) is 8.78 Å². The monoisotopic (exact) mass is 385 g/mol. The Morgan fingerprint density at radius 3 is 2.93 bits per heavy atom. The minimum atomic E-state index is -1.75. The van der Waals surface area contributed by atoms with Crippen LogP contribution < -0.4 is 4.90 Å². The van der Waals surface area contributed by atoms with Gasteiger partial charge in [0.05, 0.1) is 17.7 Å². The Balaban J connectivity index is 1.64. The molecular formula is C18H17F2N7O. The molecule has 4 aromatic heterocycles. The Morgan fingerprint density at radius 2 is 2.18 bits per heavy atom. The van der Waals surface area contributed by atoms with Crippen molar-refractivity contribution in [3.05, 3.63) is 59.5 Å². The van der Waals surface area contributed by atoms with E-state index in [0.29, 0.717) is 24.2 Å². The fourth-order valence-corrected chi connectivity index (χ4v) is 3.49. The molecule has 1 atom stereocenters. The van der Waals surface area contributed by atoms with Crippen LogP contribution in [0.1, 0.15) is 42.9 Å². The minimum Gasteiger partial charge on any atom is -0.404 e. The number of aromatic nitrogens is 6. The number of aromatic amines is 1. The molecule has 1 aliphatic heterocycles. The molecule has 0 aliphatic carbocycles. The number of anilines is 1. The van der Waals surface area contributed by atoms with Gasteiger partial charge in [-0.2, -0.15) is 5.10 Å². The molecule has 0 aromatic carbocycles. The van der Waals surface area contributed by atoms with Crippen LogP contribution >= 0.6 is 0 Å². The summed E-state index contributed by atoms with van der Waals surface area (Å²) in [7, 11) is 0. The standard InChI is InChI=1S/C18H17F2N7O/c1-18(2,20)16-23-24-17(28-16)26-7-5-11-14(22-9-21-11)15(26)12-8-13-10(19)4-3-6-27(13)25-12/h3-4,6,8-9,15H,5,7H2,1-2H3,(H,21,22). The molecule has 0 radical (unpaired) electrons. The lowest BCUT2D eigenvalue weighted by atomic mass is 10.0. The minimum absolute atomic E-state index is 0.102. The highest BCUT2D eigenvalue weighted by molar-refractivity contribution is 5.52. The number of alkyl halides is 1. The predicted molar refractivity (Wildman–Crippen MR) is 95.1 cm³/mol. The number of pyridine rings is 1. The fourth-order valence-electron chi connectivity index (χ4n) is 3.49. The Hall–Kier alpha value is -3.30. The number of fused-ring (bicyclic) bond motifs is 2. The van der Waals surface area contributed by atoms with Crippen molar-refractivity contribution in [3.63, 3.8) is 0 Å². The van der Waals surface area contributed by atoms with Crippen LogP contribution in [0.2, 0.25) is 0 Å². The molecule has 10 heteroatoms. The highest BCUT2D eigenvalue weighted by atomic mass is 19.1. The van der Waals surface area contributed by atoms with Crippen LogP contribution in [-0.2, 0) is 12.1 Å². The maximum Gasteiger partial charge on any atom is 0.319 e. The highest BCUT2D eigenvalue weighted by Crippen LogP contribution is 2.37. The van der Waals surface area contributed by atoms with E-state index in [0.717, 1.165) is 11.4 Å². The number of nitrogens with one attached hydrogen (secondary N) is 1. The Labute approximate surface area is 158 Å². The molecule has 1 unspecified atom stereocenters. The molecule has 5 rings (SSSR count). The summed E-state index contributed by atoms with van der Waals surface area (Å²) in [5, 5.41) is 12.4. The molecular weight excluding hydrogens is 368 g/mol. The number of H-pyrrole nitrogens is 1. The summed E-state index contributed by atoms with van der Waals surface area (Å²) >= 11 is 0. The molecule has 0 amide bonds. The van der Waals surface area contributed by atoms with Crippen LogP contribution in [0.25, 0.3) is 5.52 Å². The van der Waals surface area contributed by atoms with Gasteiger partial charge in [-0.1, -0.05) is 5.10 Å². The number of hydrogen-bond donors (Lipinski definition) is 1. The van der Waals surface area contributed by atoms with Crippen molar-refractivity contribution >= 4 is 11.5 Å². The molecule has 1 N–H and O–H groups in total. The van der Waals surface area contributed by atoms with Gasteiger partial charge in [0.2, 0.25) is 0 Å². The van der Waals surface area contributed by atoms with Gasteiger partial charge in [-0.05, 0) is 32.0 Å². The summed E-state index contributed by atoms with van der Waals surface area (Å²) < 4.78 is 35.5. The summed E-state index contributed by atoms with van der Waals surface area (Å²) in [5.41, 5.74) is 0.896. The first-order chi connectivity index (χ1) is 13.4. The third-order valence-corrected chi connectivity index (χ3v) is 4.84. The summed E-state index contributed by atoms with van der Waals surface area (Å²) in [6.07, 6.45) is 3.96. The van der Waals surface area contributed by atoms with E-state index in [1.807, 2.05) is 4.90 Å². The quantitative estimate of drug-likeness (QED) is 0.583. The van der Waals surface area contributed by atoms with Crippen molar-refractivity contribution < 1.29 is 13.2 Å². The second-order valence-electron chi connectivity index (χ2n) is 7.23. The zero-order valence-corrected chi connectivity index (χ0v) is 15.2. The van der Waals surface area contributed by atoms with Crippen LogP contribution in [0.15, 0.2) is 35.1 Å². The molecule has 0 saturated carbocycles. The number of halogens is 2. The zero-order valence-electron chi connectivity index (χ0n) is 15.2. The highest BCUT2D eigenvalue weighted by Gasteiger charge is 2.37. The van der Waals surface area contributed by atoms with E-state index in [1.54, 1.807) is 24.7 Å². The topological polar surface area (TPSA) is 88.1 Å². The van der Waals surface area contributed by atoms with Crippen LogP contribution in [0.3, 0.4) is 0 Å². The van der Waals surface area contributed by atoms with Crippen molar-refractivity contribution in [2.75, 3.05) is 11.4 Å². The van der Waals surface area contributed by atoms with Gasteiger partial charge >= 0.3 is 6.01 Å². The van der Waals surface area contributed by atoms with Crippen LogP contribution in [-0.4, -0.2) is 36.3 Å². The van der Waals surface area contributed by atoms with E-state index in [2.05, 4.69) is 25.3 Å². The van der Waals surface area contributed by atoms with E-state index in [1.165, 1.54) is 24.4 Å². The number of nitrogens with zero attached hydrogens (tertiary/aromatic N) is 6. The Bertz CT molecular complexity index is 1160. The molecule has 144 valence electrons. The van der Waals surface area contributed by atoms with Gasteiger partial charge in [0.25, 0.3) is 5.89 Å². The number of rotatable bonds is 3. The number of imidazole rings is 1. The second-order valence-corrected chi connectivity index (χ2v) is 7.23. The zero-order chi connectivity index (χ0) is 19.5. The molecule has 0 fully saturated rings. The van der Waals surface area contributed by atoms with Crippen molar-refractivity contribution in [2.24, 2.45) is 0 Å². The molecule has 1 aliphatic rings. The molecule has 28 heavy (non-hydrogen) atoms. The van der Waals surface area contributed by atoms with Crippen molar-refractivity contribution in [1.29, 1.82) is 0 Å². The number of hydrogen-bond acceptors (Lipinski definition) is 6. The summed E-state index contributed by atoms with van der Waals surface area (Å²) in [4.78, 5) is 9.39. The summed E-state index contributed by atoms with van der Waals surface area (Å²) in [6, 6.07) is 4.35. The van der Waals surface area contributed by atoms with Gasteiger partial charge in [0.15, 0.2) is 5.67 Å². The first kappa shape index (κ1) is 16.8. The van der Waals surface area contributed by atoms with Gasteiger partial charge < -0.3 is 14.3 Å². The predicted octanol–water partition coefficient (Wildman–Crippen LogP) is 2.94. The van der Waals surface area contributed by atoms with Gasteiger partial charge in [-0.15, -0.1) is 5.10 Å². The van der Waals surface area contributed by atoms with Crippen molar-refractivity contribution in [2.45, 2.75) is 32.0 Å². The molecule has 0 spiro atoms. The van der Waals surface area contributed by atoms with E-state index in [-0.39, 0.29) is 17.7 Å².